The van der Waals surface area contributed by atoms with Gasteiger partial charge in [-0.25, -0.2) is 0 Å². The third-order valence-electron chi connectivity index (χ3n) is 2.67. The summed E-state index contributed by atoms with van der Waals surface area (Å²) in [6, 6.07) is 4.01. The first-order valence-electron chi connectivity index (χ1n) is 6.79. The van der Waals surface area contributed by atoms with Crippen LogP contribution in [0.1, 0.15) is 18.1 Å². The van der Waals surface area contributed by atoms with Gasteiger partial charge in [-0.1, -0.05) is 17.3 Å². The second-order valence-electron chi connectivity index (χ2n) is 4.37. The molecule has 0 saturated heterocycles. The zero-order chi connectivity index (χ0) is 15.5. The summed E-state index contributed by atoms with van der Waals surface area (Å²) in [6.45, 7) is 6.62. The van der Waals surface area contributed by atoms with Crippen LogP contribution in [0.15, 0.2) is 29.4 Å². The van der Waals surface area contributed by atoms with E-state index in [1.807, 2.05) is 45.1 Å². The van der Waals surface area contributed by atoms with E-state index in [9.17, 15) is 0 Å². The summed E-state index contributed by atoms with van der Waals surface area (Å²) in [5.41, 5.74) is 2.16. The number of oxime groups is 1. The molecular formula is C16H23NO3S. The molecule has 1 aromatic rings. The molecule has 0 aliphatic heterocycles. The molecule has 0 spiro atoms. The van der Waals surface area contributed by atoms with Crippen molar-refractivity contribution in [3.05, 3.63) is 35.4 Å². The van der Waals surface area contributed by atoms with Gasteiger partial charge in [0.1, 0.15) is 31.2 Å². The van der Waals surface area contributed by atoms with Crippen LogP contribution in [-0.4, -0.2) is 31.6 Å². The third kappa shape index (κ3) is 6.58. The Hall–Kier alpha value is -1.62. The van der Waals surface area contributed by atoms with Crippen molar-refractivity contribution in [3.63, 3.8) is 0 Å². The van der Waals surface area contributed by atoms with Crippen molar-refractivity contribution >= 4 is 18.0 Å². The summed E-state index contributed by atoms with van der Waals surface area (Å²) >= 11 is 1.63. The molecule has 1 rings (SSSR count). The maximum absolute atomic E-state index is 5.82. The maximum atomic E-state index is 5.82. The molecule has 4 nitrogen and oxygen atoms in total. The average Bonchev–Trinajstić information content (AvgIpc) is 2.45. The van der Waals surface area contributed by atoms with E-state index in [2.05, 4.69) is 9.99 Å². The van der Waals surface area contributed by atoms with Gasteiger partial charge in [-0.15, -0.1) is 11.8 Å². The largest absolute Gasteiger partial charge is 0.490 e. The standard InChI is InChI=1S/C16H23NO3S/c1-5-6-8-19-15-10-13(2)16(14(3)11-15)20-12-21-9-7-17-18-4/h5-7,10-11H,8-9,12H2,1-4H3/b6-5+,17-7-. The molecule has 0 atom stereocenters. The second kappa shape index (κ2) is 10.2. The molecule has 0 aliphatic rings. The Morgan fingerprint density at radius 1 is 1.19 bits per heavy atom. The van der Waals surface area contributed by atoms with Crippen LogP contribution in [-0.2, 0) is 4.84 Å². The van der Waals surface area contributed by atoms with Gasteiger partial charge in [0, 0.05) is 5.75 Å². The van der Waals surface area contributed by atoms with Gasteiger partial charge in [0.2, 0.25) is 0 Å². The van der Waals surface area contributed by atoms with Gasteiger partial charge in [-0.2, -0.15) is 0 Å². The van der Waals surface area contributed by atoms with Crippen LogP contribution < -0.4 is 9.47 Å². The number of thioether (sulfide) groups is 1. The summed E-state index contributed by atoms with van der Waals surface area (Å²) < 4.78 is 11.5. The van der Waals surface area contributed by atoms with E-state index in [4.69, 9.17) is 9.47 Å². The Kier molecular flexibility index (Phi) is 8.43. The fourth-order valence-electron chi connectivity index (χ4n) is 1.77. The highest BCUT2D eigenvalue weighted by molar-refractivity contribution is 7.99. The summed E-state index contributed by atoms with van der Waals surface area (Å²) in [5.74, 6) is 3.13. The lowest BCUT2D eigenvalue weighted by molar-refractivity contribution is 0.215. The van der Waals surface area contributed by atoms with Gasteiger partial charge in [-0.3, -0.25) is 0 Å². The first-order valence-corrected chi connectivity index (χ1v) is 7.95. The molecule has 21 heavy (non-hydrogen) atoms. The van der Waals surface area contributed by atoms with E-state index in [0.717, 1.165) is 28.4 Å². The quantitative estimate of drug-likeness (QED) is 0.228. The van der Waals surface area contributed by atoms with E-state index in [-0.39, 0.29) is 0 Å². The van der Waals surface area contributed by atoms with Crippen LogP contribution in [0.4, 0.5) is 0 Å². The van der Waals surface area contributed by atoms with Gasteiger partial charge in [0.25, 0.3) is 0 Å². The lowest BCUT2D eigenvalue weighted by Gasteiger charge is -2.13. The van der Waals surface area contributed by atoms with Gasteiger partial charge < -0.3 is 14.3 Å². The molecule has 1 aromatic carbocycles. The minimum Gasteiger partial charge on any atom is -0.490 e. The molecule has 0 aromatic heterocycles. The number of ether oxygens (including phenoxy) is 2. The highest BCUT2D eigenvalue weighted by atomic mass is 32.2. The number of hydrogen-bond donors (Lipinski definition) is 0. The van der Waals surface area contributed by atoms with Crippen molar-refractivity contribution in [2.75, 3.05) is 25.4 Å². The molecule has 0 bridgehead atoms. The summed E-state index contributed by atoms with van der Waals surface area (Å²) in [5, 5.41) is 3.68. The Morgan fingerprint density at radius 3 is 2.52 bits per heavy atom. The topological polar surface area (TPSA) is 40.0 Å². The number of allylic oxidation sites excluding steroid dienone is 1. The number of nitrogens with zero attached hydrogens (tertiary/aromatic N) is 1. The highest BCUT2D eigenvalue weighted by Crippen LogP contribution is 2.29. The van der Waals surface area contributed by atoms with Gasteiger partial charge in [0.15, 0.2) is 0 Å². The van der Waals surface area contributed by atoms with Crippen LogP contribution in [0, 0.1) is 13.8 Å². The molecule has 5 heteroatoms. The first kappa shape index (κ1) is 17.4. The Labute approximate surface area is 131 Å². The number of hydrogen-bond acceptors (Lipinski definition) is 5. The minimum absolute atomic E-state index is 0.580. The van der Waals surface area contributed by atoms with Crippen LogP contribution in [0.25, 0.3) is 0 Å². The molecule has 116 valence electrons. The van der Waals surface area contributed by atoms with Crippen LogP contribution in [0.3, 0.4) is 0 Å². The van der Waals surface area contributed by atoms with E-state index < -0.39 is 0 Å². The van der Waals surface area contributed by atoms with Crippen LogP contribution in [0.5, 0.6) is 11.5 Å². The average molecular weight is 309 g/mol. The van der Waals surface area contributed by atoms with Crippen molar-refractivity contribution in [1.82, 2.24) is 0 Å². The molecule has 0 radical (unpaired) electrons. The van der Waals surface area contributed by atoms with Crippen LogP contribution in [0.2, 0.25) is 0 Å². The molecule has 0 heterocycles. The molecule has 0 N–H and O–H groups in total. The van der Waals surface area contributed by atoms with E-state index in [1.54, 1.807) is 18.0 Å². The number of rotatable bonds is 9. The molecule has 0 fully saturated rings. The third-order valence-corrected chi connectivity index (χ3v) is 3.34. The fraction of sp³-hybridized carbons (Fsp3) is 0.438. The molecule has 0 amide bonds. The summed E-state index contributed by atoms with van der Waals surface area (Å²) in [7, 11) is 1.53. The van der Waals surface area contributed by atoms with E-state index >= 15 is 0 Å². The van der Waals surface area contributed by atoms with E-state index in [1.165, 1.54) is 7.11 Å². The summed E-state index contributed by atoms with van der Waals surface area (Å²) in [6.07, 6.45) is 5.67. The van der Waals surface area contributed by atoms with E-state index in [0.29, 0.717) is 12.5 Å². The van der Waals surface area contributed by atoms with Crippen LogP contribution >= 0.6 is 11.8 Å². The normalized spacial score (nSPS) is 11.2. The van der Waals surface area contributed by atoms with Gasteiger partial charge in [0.05, 0.1) is 6.21 Å². The summed E-state index contributed by atoms with van der Waals surface area (Å²) in [4.78, 5) is 4.59. The van der Waals surface area contributed by atoms with Gasteiger partial charge >= 0.3 is 0 Å². The van der Waals surface area contributed by atoms with Gasteiger partial charge in [-0.05, 0) is 44.0 Å². The molecule has 0 unspecified atom stereocenters. The molecule has 0 aliphatic carbocycles. The predicted molar refractivity (Wildman–Crippen MR) is 89.7 cm³/mol. The van der Waals surface area contributed by atoms with Crippen molar-refractivity contribution in [1.29, 1.82) is 0 Å². The van der Waals surface area contributed by atoms with Crippen molar-refractivity contribution in [3.8, 4) is 11.5 Å². The Balaban J connectivity index is 2.53. The lowest BCUT2D eigenvalue weighted by atomic mass is 10.1. The monoisotopic (exact) mass is 309 g/mol. The fourth-order valence-corrected chi connectivity index (χ4v) is 2.23. The maximum Gasteiger partial charge on any atom is 0.134 e. The SMILES string of the molecule is C/C=C/COc1cc(C)c(OCSC/C=N\OC)c(C)c1. The van der Waals surface area contributed by atoms with Crippen molar-refractivity contribution < 1.29 is 14.3 Å². The molecule has 0 saturated carbocycles. The van der Waals surface area contributed by atoms with Crippen molar-refractivity contribution in [2.24, 2.45) is 5.16 Å². The first-order chi connectivity index (χ1) is 10.2. The lowest BCUT2D eigenvalue weighted by Crippen LogP contribution is -2.00. The zero-order valence-corrected chi connectivity index (χ0v) is 13.9. The Morgan fingerprint density at radius 2 is 1.90 bits per heavy atom. The second-order valence-corrected chi connectivity index (χ2v) is 5.35. The minimum atomic E-state index is 0.580. The number of aryl methyl sites for hydroxylation is 2. The highest BCUT2D eigenvalue weighted by Gasteiger charge is 2.07. The predicted octanol–water partition coefficient (Wildman–Crippen LogP) is 3.96. The zero-order valence-electron chi connectivity index (χ0n) is 13.1. The smallest absolute Gasteiger partial charge is 0.134 e. The van der Waals surface area contributed by atoms with Crippen molar-refractivity contribution in [2.45, 2.75) is 20.8 Å². The number of benzene rings is 1. The Bertz CT molecular complexity index is 463. The molecular weight excluding hydrogens is 286 g/mol.